The Kier molecular flexibility index (Phi) is 5.36. The van der Waals surface area contributed by atoms with Crippen LogP contribution < -0.4 is 10.2 Å². The van der Waals surface area contributed by atoms with Gasteiger partial charge in [-0.15, -0.1) is 0 Å². The number of nitrogens with zero attached hydrogens (tertiary/aromatic N) is 4. The van der Waals surface area contributed by atoms with Crippen LogP contribution in [0.2, 0.25) is 0 Å². The van der Waals surface area contributed by atoms with Crippen LogP contribution in [0, 0.1) is 0 Å². The Bertz CT molecular complexity index is 1040. The van der Waals surface area contributed by atoms with E-state index in [-0.39, 0.29) is 17.5 Å². The number of fused-ring (bicyclic) bond motifs is 1. The Hall–Kier alpha value is -2.93. The minimum atomic E-state index is -0.0777. The number of piperidine rings is 2. The number of rotatable bonds is 3. The average molecular weight is 420 g/mol. The fourth-order valence-corrected chi connectivity index (χ4v) is 4.82. The molecule has 5 rings (SSSR count). The molecule has 31 heavy (non-hydrogen) atoms. The van der Waals surface area contributed by atoms with E-state index < -0.39 is 0 Å². The maximum Gasteiger partial charge on any atom is 0.325 e. The maximum absolute atomic E-state index is 13.8. The van der Waals surface area contributed by atoms with Gasteiger partial charge in [0.1, 0.15) is 11.6 Å². The summed E-state index contributed by atoms with van der Waals surface area (Å²) in [6.07, 6.45) is 7.33. The van der Waals surface area contributed by atoms with Crippen LogP contribution in [0.1, 0.15) is 38.4 Å². The topological polar surface area (TPSA) is 74.5 Å². The van der Waals surface area contributed by atoms with Gasteiger partial charge in [-0.05, 0) is 43.7 Å². The maximum atomic E-state index is 13.8. The molecule has 0 aliphatic carbocycles. The zero-order valence-corrected chi connectivity index (χ0v) is 18.0. The van der Waals surface area contributed by atoms with Crippen LogP contribution in [0.3, 0.4) is 0 Å². The van der Waals surface area contributed by atoms with E-state index in [2.05, 4.69) is 29.5 Å². The lowest BCUT2D eigenvalue weighted by Gasteiger charge is -2.42. The molecule has 4 heterocycles. The van der Waals surface area contributed by atoms with Crippen LogP contribution in [-0.4, -0.2) is 53.3 Å². The SMILES string of the molecule is CC1(c2ccno2)CCN(C(=O)N(c2cc3ccccc3cn2)C2CCCNC2)CC1. The molecule has 1 aromatic carbocycles. The molecule has 7 nitrogen and oxygen atoms in total. The first kappa shape index (κ1) is 20.0. The first-order chi connectivity index (χ1) is 15.1. The Morgan fingerprint density at radius 2 is 2.03 bits per heavy atom. The number of nitrogens with one attached hydrogen (secondary N) is 1. The number of aromatic nitrogens is 2. The molecule has 2 fully saturated rings. The van der Waals surface area contributed by atoms with Crippen LogP contribution in [-0.2, 0) is 5.41 Å². The summed E-state index contributed by atoms with van der Waals surface area (Å²) in [4.78, 5) is 22.4. The van der Waals surface area contributed by atoms with Crippen molar-refractivity contribution in [3.05, 3.63) is 54.6 Å². The van der Waals surface area contributed by atoms with Crippen molar-refractivity contribution in [3.8, 4) is 0 Å². The minimum Gasteiger partial charge on any atom is -0.361 e. The molecule has 2 aromatic heterocycles. The van der Waals surface area contributed by atoms with Gasteiger partial charge < -0.3 is 14.7 Å². The van der Waals surface area contributed by atoms with Crippen LogP contribution in [0.4, 0.5) is 10.6 Å². The van der Waals surface area contributed by atoms with E-state index in [9.17, 15) is 4.79 Å². The summed E-state index contributed by atoms with van der Waals surface area (Å²) in [6.45, 7) is 5.39. The highest BCUT2D eigenvalue weighted by atomic mass is 16.5. The molecule has 0 bridgehead atoms. The zero-order chi connectivity index (χ0) is 21.3. The lowest BCUT2D eigenvalue weighted by Crippen LogP contribution is -2.56. The van der Waals surface area contributed by atoms with Crippen molar-refractivity contribution < 1.29 is 9.32 Å². The van der Waals surface area contributed by atoms with Crippen molar-refractivity contribution in [2.45, 2.75) is 44.1 Å². The van der Waals surface area contributed by atoms with Gasteiger partial charge in [0, 0.05) is 42.7 Å². The summed E-state index contributed by atoms with van der Waals surface area (Å²) in [5, 5.41) is 9.51. The second kappa shape index (κ2) is 8.30. The second-order valence-corrected chi connectivity index (χ2v) is 8.97. The number of likely N-dealkylation sites (tertiary alicyclic amines) is 1. The van der Waals surface area contributed by atoms with E-state index in [0.29, 0.717) is 13.1 Å². The number of amides is 2. The van der Waals surface area contributed by atoms with Crippen LogP contribution in [0.5, 0.6) is 0 Å². The van der Waals surface area contributed by atoms with Crippen molar-refractivity contribution in [1.29, 1.82) is 0 Å². The first-order valence-corrected chi connectivity index (χ1v) is 11.2. The highest BCUT2D eigenvalue weighted by molar-refractivity contribution is 5.94. The van der Waals surface area contributed by atoms with Crippen molar-refractivity contribution in [1.82, 2.24) is 20.4 Å². The lowest BCUT2D eigenvalue weighted by molar-refractivity contribution is 0.151. The van der Waals surface area contributed by atoms with Crippen molar-refractivity contribution in [3.63, 3.8) is 0 Å². The van der Waals surface area contributed by atoms with E-state index in [0.717, 1.165) is 61.1 Å². The number of carbonyl (C=O) groups excluding carboxylic acids is 1. The van der Waals surface area contributed by atoms with Gasteiger partial charge in [0.05, 0.1) is 12.2 Å². The average Bonchev–Trinajstić information content (AvgIpc) is 3.36. The van der Waals surface area contributed by atoms with Gasteiger partial charge in [0.2, 0.25) is 0 Å². The summed E-state index contributed by atoms with van der Waals surface area (Å²) >= 11 is 0. The summed E-state index contributed by atoms with van der Waals surface area (Å²) < 4.78 is 5.44. The zero-order valence-electron chi connectivity index (χ0n) is 18.0. The molecule has 1 atom stereocenters. The molecule has 1 unspecified atom stereocenters. The Morgan fingerprint density at radius 3 is 2.74 bits per heavy atom. The smallest absolute Gasteiger partial charge is 0.325 e. The van der Waals surface area contributed by atoms with Crippen LogP contribution >= 0.6 is 0 Å². The van der Waals surface area contributed by atoms with Crippen LogP contribution in [0.25, 0.3) is 10.8 Å². The van der Waals surface area contributed by atoms with E-state index in [1.54, 1.807) is 6.20 Å². The monoisotopic (exact) mass is 419 g/mol. The third-order valence-corrected chi connectivity index (χ3v) is 6.88. The summed E-state index contributed by atoms with van der Waals surface area (Å²) in [7, 11) is 0. The highest BCUT2D eigenvalue weighted by Crippen LogP contribution is 2.35. The molecule has 1 N–H and O–H groups in total. The quantitative estimate of drug-likeness (QED) is 0.696. The predicted octanol–water partition coefficient (Wildman–Crippen LogP) is 3.95. The van der Waals surface area contributed by atoms with Gasteiger partial charge in [-0.1, -0.05) is 36.3 Å². The number of carbonyl (C=O) groups is 1. The second-order valence-electron chi connectivity index (χ2n) is 8.97. The minimum absolute atomic E-state index is 0.0519. The molecular formula is C24H29N5O2. The molecular weight excluding hydrogens is 390 g/mol. The van der Waals surface area contributed by atoms with E-state index in [1.807, 2.05) is 40.3 Å². The Morgan fingerprint density at radius 1 is 1.23 bits per heavy atom. The molecule has 2 amide bonds. The molecule has 7 heteroatoms. The van der Waals surface area contributed by atoms with E-state index in [4.69, 9.17) is 9.51 Å². The fraction of sp³-hybridized carbons (Fsp3) is 0.458. The van der Waals surface area contributed by atoms with Crippen molar-refractivity contribution in [2.75, 3.05) is 31.1 Å². The van der Waals surface area contributed by atoms with Gasteiger partial charge >= 0.3 is 6.03 Å². The number of benzene rings is 1. The predicted molar refractivity (Wildman–Crippen MR) is 120 cm³/mol. The molecule has 162 valence electrons. The molecule has 3 aromatic rings. The largest absolute Gasteiger partial charge is 0.361 e. The number of hydrogen-bond donors (Lipinski definition) is 1. The molecule has 2 aliphatic rings. The van der Waals surface area contributed by atoms with Gasteiger partial charge in [0.15, 0.2) is 0 Å². The number of pyridine rings is 1. The van der Waals surface area contributed by atoms with Gasteiger partial charge in [-0.25, -0.2) is 9.78 Å². The third kappa shape index (κ3) is 3.90. The van der Waals surface area contributed by atoms with Gasteiger partial charge in [-0.2, -0.15) is 0 Å². The van der Waals surface area contributed by atoms with Crippen molar-refractivity contribution in [2.24, 2.45) is 0 Å². The normalized spacial score (nSPS) is 21.2. The molecule has 0 radical (unpaired) electrons. The molecule has 0 spiro atoms. The molecule has 0 saturated carbocycles. The van der Waals surface area contributed by atoms with Crippen molar-refractivity contribution >= 4 is 22.6 Å². The van der Waals surface area contributed by atoms with E-state index in [1.165, 1.54) is 0 Å². The summed E-state index contributed by atoms with van der Waals surface area (Å²) in [6, 6.07) is 12.3. The Balaban J connectivity index is 1.40. The standard InChI is InChI=1S/C24H29N5O2/c1-24(21-8-12-27-31-21)9-13-28(14-10-24)23(30)29(20-7-4-11-25-17-20)22-15-18-5-2-3-6-19(18)16-26-22/h2-3,5-6,8,12,15-16,20,25H,4,7,9-11,13-14,17H2,1H3. The summed E-state index contributed by atoms with van der Waals surface area (Å²) in [5.41, 5.74) is -0.0777. The third-order valence-electron chi connectivity index (χ3n) is 6.88. The van der Waals surface area contributed by atoms with E-state index >= 15 is 0 Å². The first-order valence-electron chi connectivity index (χ1n) is 11.2. The van der Waals surface area contributed by atoms with Crippen LogP contribution in [0.15, 0.2) is 53.3 Å². The Labute approximate surface area is 182 Å². The lowest BCUT2D eigenvalue weighted by atomic mass is 9.78. The number of anilines is 1. The molecule has 2 aliphatic heterocycles. The number of urea groups is 1. The molecule has 2 saturated heterocycles. The van der Waals surface area contributed by atoms with Gasteiger partial charge in [0.25, 0.3) is 0 Å². The highest BCUT2D eigenvalue weighted by Gasteiger charge is 2.39. The van der Waals surface area contributed by atoms with Gasteiger partial charge in [-0.3, -0.25) is 4.90 Å². The fourth-order valence-electron chi connectivity index (χ4n) is 4.82. The summed E-state index contributed by atoms with van der Waals surface area (Å²) in [5.74, 6) is 1.64. The number of hydrogen-bond acceptors (Lipinski definition) is 5.